The summed E-state index contributed by atoms with van der Waals surface area (Å²) >= 11 is 0. The zero-order valence-corrected chi connectivity index (χ0v) is 17.2. The molecule has 2 aliphatic rings. The predicted octanol–water partition coefficient (Wildman–Crippen LogP) is 2.51. The van der Waals surface area contributed by atoms with Crippen molar-refractivity contribution in [3.05, 3.63) is 35.7 Å². The predicted molar refractivity (Wildman–Crippen MR) is 107 cm³/mol. The van der Waals surface area contributed by atoms with E-state index in [1.165, 1.54) is 0 Å². The van der Waals surface area contributed by atoms with Gasteiger partial charge in [-0.25, -0.2) is 13.4 Å². The summed E-state index contributed by atoms with van der Waals surface area (Å²) < 4.78 is 35.1. The lowest BCUT2D eigenvalue weighted by Gasteiger charge is -2.33. The molecular weight excluding hydrogens is 378 g/mol. The first-order chi connectivity index (χ1) is 13.4. The van der Waals surface area contributed by atoms with E-state index in [0.29, 0.717) is 25.5 Å². The molecule has 4 rings (SSSR count). The molecule has 8 nitrogen and oxygen atoms in total. The van der Waals surface area contributed by atoms with Crippen molar-refractivity contribution in [2.45, 2.75) is 44.0 Å². The van der Waals surface area contributed by atoms with Gasteiger partial charge in [-0.05, 0) is 31.9 Å². The molecule has 1 atom stereocenters. The van der Waals surface area contributed by atoms with Crippen LogP contribution in [0.1, 0.15) is 43.2 Å². The molecule has 2 fully saturated rings. The number of nitrogens with one attached hydrogen (secondary N) is 1. The molecule has 28 heavy (non-hydrogen) atoms. The zero-order valence-electron chi connectivity index (χ0n) is 16.3. The molecule has 1 aliphatic carbocycles. The third-order valence-corrected chi connectivity index (χ3v) is 7.95. The van der Waals surface area contributed by atoms with Crippen LogP contribution in [-0.4, -0.2) is 52.4 Å². The van der Waals surface area contributed by atoms with Gasteiger partial charge >= 0.3 is 0 Å². The average molecular weight is 406 g/mol. The number of aromatic nitrogens is 3. The highest BCUT2D eigenvalue weighted by Crippen LogP contribution is 2.30. The first kappa shape index (κ1) is 19.4. The largest absolute Gasteiger partial charge is 0.369 e. The number of ether oxygens (including phenoxy) is 1. The highest BCUT2D eigenvalue weighted by Gasteiger charge is 2.37. The van der Waals surface area contributed by atoms with Crippen molar-refractivity contribution in [3.8, 4) is 0 Å². The van der Waals surface area contributed by atoms with E-state index in [-0.39, 0.29) is 11.4 Å². The lowest BCUT2D eigenvalue weighted by Crippen LogP contribution is -2.45. The third-order valence-electron chi connectivity index (χ3n) is 5.58. The normalized spacial score (nSPS) is 21.9. The van der Waals surface area contributed by atoms with Gasteiger partial charge in [-0.15, -0.1) is 0 Å². The number of pyridine rings is 1. The molecule has 1 N–H and O–H groups in total. The Labute approximate surface area is 166 Å². The molecular formula is C19H27N5O3S. The van der Waals surface area contributed by atoms with Gasteiger partial charge < -0.3 is 10.1 Å². The first-order valence-corrected chi connectivity index (χ1v) is 11.3. The lowest BCUT2D eigenvalue weighted by molar-refractivity contribution is -0.00512. The number of hydrogen-bond donors (Lipinski definition) is 1. The van der Waals surface area contributed by atoms with Gasteiger partial charge in [0.2, 0.25) is 10.0 Å². The Morgan fingerprint density at radius 2 is 2.00 bits per heavy atom. The van der Waals surface area contributed by atoms with Crippen LogP contribution in [0.15, 0.2) is 24.3 Å². The first-order valence-electron chi connectivity index (χ1n) is 9.78. The molecule has 0 spiro atoms. The average Bonchev–Trinajstić information content (AvgIpc) is 3.33. The van der Waals surface area contributed by atoms with Crippen LogP contribution >= 0.6 is 0 Å². The fourth-order valence-corrected chi connectivity index (χ4v) is 5.91. The van der Waals surface area contributed by atoms with Crippen molar-refractivity contribution in [2.75, 3.05) is 25.0 Å². The molecule has 0 bridgehead atoms. The van der Waals surface area contributed by atoms with Crippen LogP contribution in [-0.2, 0) is 21.8 Å². The summed E-state index contributed by atoms with van der Waals surface area (Å²) in [6.45, 7) is 3.10. The second-order valence-corrected chi connectivity index (χ2v) is 9.75. The summed E-state index contributed by atoms with van der Waals surface area (Å²) in [5, 5.41) is 7.35. The number of aryl methyl sites for hydroxylation is 2. The number of nitrogens with zero attached hydrogens (tertiary/aromatic N) is 4. The Hall–Kier alpha value is -1.97. The van der Waals surface area contributed by atoms with E-state index in [1.807, 2.05) is 38.2 Å². The minimum Gasteiger partial charge on any atom is -0.369 e. The van der Waals surface area contributed by atoms with Gasteiger partial charge in [0, 0.05) is 31.9 Å². The van der Waals surface area contributed by atoms with Crippen molar-refractivity contribution in [1.29, 1.82) is 0 Å². The van der Waals surface area contributed by atoms with Crippen molar-refractivity contribution in [1.82, 2.24) is 19.1 Å². The van der Waals surface area contributed by atoms with E-state index in [9.17, 15) is 8.42 Å². The molecule has 9 heteroatoms. The summed E-state index contributed by atoms with van der Waals surface area (Å²) in [6, 6.07) is 7.59. The van der Waals surface area contributed by atoms with Crippen molar-refractivity contribution in [3.63, 3.8) is 0 Å². The van der Waals surface area contributed by atoms with Crippen LogP contribution in [0.25, 0.3) is 0 Å². The number of anilines is 2. The highest BCUT2D eigenvalue weighted by atomic mass is 32.2. The molecule has 2 aromatic rings. The maximum atomic E-state index is 12.9. The summed E-state index contributed by atoms with van der Waals surface area (Å²) in [6.07, 6.45) is 3.17. The second-order valence-electron chi connectivity index (χ2n) is 7.54. The molecule has 0 aromatic carbocycles. The fraction of sp³-hybridized carbons (Fsp3) is 0.579. The molecule has 1 aliphatic heterocycles. The monoisotopic (exact) mass is 405 g/mol. The van der Waals surface area contributed by atoms with Crippen LogP contribution in [0.2, 0.25) is 0 Å². The van der Waals surface area contributed by atoms with Gasteiger partial charge in [-0.2, -0.15) is 9.40 Å². The Balaban J connectivity index is 1.49. The van der Waals surface area contributed by atoms with Crippen molar-refractivity contribution >= 4 is 21.7 Å². The van der Waals surface area contributed by atoms with Crippen molar-refractivity contribution in [2.24, 2.45) is 7.05 Å². The van der Waals surface area contributed by atoms with Gasteiger partial charge in [0.25, 0.3) is 0 Å². The number of morpholine rings is 1. The van der Waals surface area contributed by atoms with Crippen LogP contribution in [0.3, 0.4) is 0 Å². The third kappa shape index (κ3) is 3.92. The van der Waals surface area contributed by atoms with Crippen LogP contribution in [0.4, 0.5) is 11.6 Å². The van der Waals surface area contributed by atoms with E-state index in [1.54, 1.807) is 8.99 Å². The molecule has 0 radical (unpaired) electrons. The van der Waals surface area contributed by atoms with E-state index in [4.69, 9.17) is 4.74 Å². The standard InChI is InChI=1S/C19H27N5O3S/c1-14-12-19(22-23(14)2)21-18-9-5-8-16(20-18)17-13-24(10-11-27-17)28(25,26)15-6-3-4-7-15/h5,8-9,12,15,17H,3-4,6-7,10-11,13H2,1-2H3,(H,20,21,22)/t17-/m0/s1. The minimum absolute atomic E-state index is 0.236. The zero-order chi connectivity index (χ0) is 19.7. The topological polar surface area (TPSA) is 89.3 Å². The Bertz CT molecular complexity index is 917. The van der Waals surface area contributed by atoms with Gasteiger partial charge in [0.15, 0.2) is 5.82 Å². The number of sulfonamides is 1. The molecule has 3 heterocycles. The van der Waals surface area contributed by atoms with E-state index in [0.717, 1.165) is 42.9 Å². The van der Waals surface area contributed by atoms with Gasteiger partial charge in [0.05, 0.1) is 17.6 Å². The Morgan fingerprint density at radius 3 is 2.71 bits per heavy atom. The fourth-order valence-electron chi connectivity index (χ4n) is 3.89. The van der Waals surface area contributed by atoms with Crippen LogP contribution in [0, 0.1) is 6.92 Å². The molecule has 1 saturated heterocycles. The van der Waals surface area contributed by atoms with E-state index in [2.05, 4.69) is 15.4 Å². The molecule has 152 valence electrons. The van der Waals surface area contributed by atoms with Crippen LogP contribution in [0.5, 0.6) is 0 Å². The van der Waals surface area contributed by atoms with E-state index >= 15 is 0 Å². The number of rotatable bonds is 5. The van der Waals surface area contributed by atoms with Crippen molar-refractivity contribution < 1.29 is 13.2 Å². The van der Waals surface area contributed by atoms with Gasteiger partial charge in [0.1, 0.15) is 11.9 Å². The summed E-state index contributed by atoms with van der Waals surface area (Å²) in [7, 11) is -1.38. The number of hydrogen-bond acceptors (Lipinski definition) is 6. The Kier molecular flexibility index (Phi) is 5.39. The lowest BCUT2D eigenvalue weighted by atomic mass is 10.2. The molecule has 0 amide bonds. The van der Waals surface area contributed by atoms with E-state index < -0.39 is 10.0 Å². The molecule has 2 aromatic heterocycles. The maximum absolute atomic E-state index is 12.9. The Morgan fingerprint density at radius 1 is 1.21 bits per heavy atom. The maximum Gasteiger partial charge on any atom is 0.217 e. The summed E-state index contributed by atoms with van der Waals surface area (Å²) in [5.41, 5.74) is 1.77. The smallest absolute Gasteiger partial charge is 0.217 e. The highest BCUT2D eigenvalue weighted by molar-refractivity contribution is 7.89. The summed E-state index contributed by atoms with van der Waals surface area (Å²) in [4.78, 5) is 4.64. The second kappa shape index (κ2) is 7.81. The minimum atomic E-state index is -3.27. The SMILES string of the molecule is Cc1cc(Nc2cccc([C@@H]3CN(S(=O)(=O)C4CCCC4)CCO3)n2)nn1C. The molecule has 0 unspecified atom stereocenters. The summed E-state index contributed by atoms with van der Waals surface area (Å²) in [5.74, 6) is 1.38. The van der Waals surface area contributed by atoms with Gasteiger partial charge in [-0.3, -0.25) is 4.68 Å². The van der Waals surface area contributed by atoms with Crippen LogP contribution < -0.4 is 5.32 Å². The quantitative estimate of drug-likeness (QED) is 0.822. The van der Waals surface area contributed by atoms with Gasteiger partial charge in [-0.1, -0.05) is 18.9 Å². The molecule has 1 saturated carbocycles.